The van der Waals surface area contributed by atoms with Gasteiger partial charge in [-0.05, 0) is 6.92 Å². The summed E-state index contributed by atoms with van der Waals surface area (Å²) in [6, 6.07) is 0. The van der Waals surface area contributed by atoms with Gasteiger partial charge in [0.2, 0.25) is 0 Å². The number of carbonyl (C=O) groups excluding carboxylic acids is 1. The van der Waals surface area contributed by atoms with Gasteiger partial charge < -0.3 is 4.74 Å². The van der Waals surface area contributed by atoms with Gasteiger partial charge >= 0.3 is 11.7 Å². The minimum absolute atomic E-state index is 0.186. The van der Waals surface area contributed by atoms with Crippen LogP contribution in [0.5, 0.6) is 0 Å². The van der Waals surface area contributed by atoms with Crippen LogP contribution in [0.3, 0.4) is 0 Å². The Morgan fingerprint density at radius 2 is 2.38 bits per heavy atom. The zero-order chi connectivity index (χ0) is 11.5. The number of ether oxygens (including phenoxy) is 1. The quantitative estimate of drug-likeness (QED) is 0.651. The van der Waals surface area contributed by atoms with Gasteiger partial charge in [0.25, 0.3) is 0 Å². The molecule has 2 heterocycles. The molecule has 2 rings (SSSR count). The maximum Gasteiger partial charge on any atom is 0.350 e. The van der Waals surface area contributed by atoms with Crippen LogP contribution < -0.4 is 5.69 Å². The number of aromatic nitrogens is 4. The van der Waals surface area contributed by atoms with Gasteiger partial charge in [-0.25, -0.2) is 13.9 Å². The van der Waals surface area contributed by atoms with Crippen molar-refractivity contribution in [3.05, 3.63) is 29.1 Å². The molecule has 0 N–H and O–H groups in total. The third-order valence-electron chi connectivity index (χ3n) is 1.97. The minimum atomic E-state index is -0.485. The fraction of sp³-hybridized carbons (Fsp3) is 0.333. The molecule has 0 atom stereocenters. The van der Waals surface area contributed by atoms with Crippen molar-refractivity contribution < 1.29 is 9.53 Å². The van der Waals surface area contributed by atoms with Crippen LogP contribution in [-0.2, 0) is 16.1 Å². The first kappa shape index (κ1) is 10.3. The zero-order valence-corrected chi connectivity index (χ0v) is 8.66. The summed E-state index contributed by atoms with van der Waals surface area (Å²) in [4.78, 5) is 26.7. The number of esters is 1. The normalized spacial score (nSPS) is 10.6. The molecule has 0 aliphatic carbocycles. The van der Waals surface area contributed by atoms with E-state index in [1.165, 1.54) is 23.0 Å². The Kier molecular flexibility index (Phi) is 2.67. The lowest BCUT2D eigenvalue weighted by Crippen LogP contribution is -2.26. The lowest BCUT2D eigenvalue weighted by molar-refractivity contribution is -0.144. The van der Waals surface area contributed by atoms with Gasteiger partial charge in [0.05, 0.1) is 12.8 Å². The predicted octanol–water partition coefficient (Wildman–Crippen LogP) is -0.546. The lowest BCUT2D eigenvalue weighted by Gasteiger charge is -1.99. The molecule has 0 fully saturated rings. The molecule has 7 heteroatoms. The van der Waals surface area contributed by atoms with E-state index in [9.17, 15) is 9.59 Å². The standard InChI is InChI=1S/C9H10N4O3/c1-2-16-8(14)6-13-9(15)12-4-3-10-5-7(12)11-13/h3-5H,2,6H2,1H3. The van der Waals surface area contributed by atoms with Crippen LogP contribution in [0, 0.1) is 0 Å². The highest BCUT2D eigenvalue weighted by atomic mass is 16.5. The summed E-state index contributed by atoms with van der Waals surface area (Å²) < 4.78 is 7.10. The van der Waals surface area contributed by atoms with Crippen molar-refractivity contribution in [2.75, 3.05) is 6.61 Å². The Hall–Kier alpha value is -2.18. The summed E-state index contributed by atoms with van der Waals surface area (Å²) in [6.45, 7) is 1.80. The third-order valence-corrected chi connectivity index (χ3v) is 1.97. The van der Waals surface area contributed by atoms with Crippen molar-refractivity contribution >= 4 is 11.6 Å². The topological polar surface area (TPSA) is 78.5 Å². The highest BCUT2D eigenvalue weighted by molar-refractivity contribution is 5.69. The second-order valence-electron chi connectivity index (χ2n) is 3.05. The molecule has 0 spiro atoms. The Labute approximate surface area is 90.3 Å². The van der Waals surface area contributed by atoms with Crippen molar-refractivity contribution in [1.29, 1.82) is 0 Å². The van der Waals surface area contributed by atoms with Crippen LogP contribution in [0.4, 0.5) is 0 Å². The Morgan fingerprint density at radius 1 is 1.56 bits per heavy atom. The molecular weight excluding hydrogens is 212 g/mol. The first-order valence-corrected chi connectivity index (χ1v) is 4.77. The molecule has 0 radical (unpaired) electrons. The first-order valence-electron chi connectivity index (χ1n) is 4.77. The largest absolute Gasteiger partial charge is 0.465 e. The SMILES string of the molecule is CCOC(=O)Cn1nc2cnccn2c1=O. The molecule has 2 aromatic heterocycles. The molecular formula is C9H10N4O3. The minimum Gasteiger partial charge on any atom is -0.465 e. The number of fused-ring (bicyclic) bond motifs is 1. The molecule has 0 saturated heterocycles. The molecule has 84 valence electrons. The van der Waals surface area contributed by atoms with E-state index < -0.39 is 5.97 Å². The van der Waals surface area contributed by atoms with E-state index in [0.717, 1.165) is 4.68 Å². The van der Waals surface area contributed by atoms with E-state index in [0.29, 0.717) is 5.65 Å². The number of hydrogen-bond donors (Lipinski definition) is 0. The van der Waals surface area contributed by atoms with Crippen LogP contribution in [0.1, 0.15) is 6.92 Å². The molecule has 0 aromatic carbocycles. The van der Waals surface area contributed by atoms with Crippen LogP contribution in [0.2, 0.25) is 0 Å². The Morgan fingerprint density at radius 3 is 3.06 bits per heavy atom. The summed E-state index contributed by atoms with van der Waals surface area (Å²) in [5, 5.41) is 3.94. The summed E-state index contributed by atoms with van der Waals surface area (Å²) in [7, 11) is 0. The predicted molar refractivity (Wildman–Crippen MR) is 53.9 cm³/mol. The van der Waals surface area contributed by atoms with E-state index in [4.69, 9.17) is 4.74 Å². The van der Waals surface area contributed by atoms with Crippen molar-refractivity contribution in [1.82, 2.24) is 19.2 Å². The van der Waals surface area contributed by atoms with Gasteiger partial charge in [-0.3, -0.25) is 9.78 Å². The van der Waals surface area contributed by atoms with Gasteiger partial charge in [-0.15, -0.1) is 5.10 Å². The summed E-state index contributed by atoms with van der Waals surface area (Å²) in [5.74, 6) is -0.485. The van der Waals surface area contributed by atoms with Gasteiger partial charge in [0.15, 0.2) is 5.65 Å². The first-order chi connectivity index (χ1) is 7.72. The van der Waals surface area contributed by atoms with E-state index >= 15 is 0 Å². The van der Waals surface area contributed by atoms with Crippen LogP contribution in [-0.4, -0.2) is 31.7 Å². The van der Waals surface area contributed by atoms with Crippen molar-refractivity contribution in [3.63, 3.8) is 0 Å². The smallest absolute Gasteiger partial charge is 0.350 e. The Bertz CT molecular complexity index is 571. The molecule has 0 bridgehead atoms. The van der Waals surface area contributed by atoms with E-state index in [2.05, 4.69) is 10.1 Å². The van der Waals surface area contributed by atoms with E-state index in [1.807, 2.05) is 0 Å². The lowest BCUT2D eigenvalue weighted by atomic mass is 10.6. The summed E-state index contributed by atoms with van der Waals surface area (Å²) >= 11 is 0. The fourth-order valence-electron chi connectivity index (χ4n) is 1.31. The maximum atomic E-state index is 11.7. The molecule has 0 aliphatic heterocycles. The molecule has 0 saturated carbocycles. The average Bonchev–Trinajstić information content (AvgIpc) is 2.57. The summed E-state index contributed by atoms with van der Waals surface area (Å²) in [5.41, 5.74) is 0.0160. The molecule has 0 aliphatic rings. The molecule has 0 amide bonds. The average molecular weight is 222 g/mol. The monoisotopic (exact) mass is 222 g/mol. The molecule has 2 aromatic rings. The highest BCUT2D eigenvalue weighted by Crippen LogP contribution is 1.92. The third kappa shape index (κ3) is 1.79. The Balaban J connectivity index is 2.35. The molecule has 16 heavy (non-hydrogen) atoms. The second-order valence-corrected chi connectivity index (χ2v) is 3.05. The van der Waals surface area contributed by atoms with Gasteiger partial charge in [0.1, 0.15) is 6.54 Å². The summed E-state index contributed by atoms with van der Waals surface area (Å²) in [6.07, 6.45) is 4.42. The van der Waals surface area contributed by atoms with Crippen LogP contribution in [0.25, 0.3) is 5.65 Å². The number of hydrogen-bond acceptors (Lipinski definition) is 5. The van der Waals surface area contributed by atoms with Crippen LogP contribution >= 0.6 is 0 Å². The van der Waals surface area contributed by atoms with Crippen molar-refractivity contribution in [2.45, 2.75) is 13.5 Å². The van der Waals surface area contributed by atoms with E-state index in [1.54, 1.807) is 6.92 Å². The maximum absolute atomic E-state index is 11.7. The molecule has 7 nitrogen and oxygen atoms in total. The van der Waals surface area contributed by atoms with E-state index in [-0.39, 0.29) is 18.8 Å². The highest BCUT2D eigenvalue weighted by Gasteiger charge is 2.10. The van der Waals surface area contributed by atoms with Crippen molar-refractivity contribution in [2.24, 2.45) is 0 Å². The number of nitrogens with zero attached hydrogens (tertiary/aromatic N) is 4. The second kappa shape index (κ2) is 4.13. The van der Waals surface area contributed by atoms with Crippen LogP contribution in [0.15, 0.2) is 23.4 Å². The van der Waals surface area contributed by atoms with Gasteiger partial charge in [-0.1, -0.05) is 0 Å². The number of carbonyl (C=O) groups is 1. The van der Waals surface area contributed by atoms with Crippen molar-refractivity contribution in [3.8, 4) is 0 Å². The zero-order valence-electron chi connectivity index (χ0n) is 8.66. The number of rotatable bonds is 3. The van der Waals surface area contributed by atoms with Gasteiger partial charge in [0, 0.05) is 12.4 Å². The fourth-order valence-corrected chi connectivity index (χ4v) is 1.31. The van der Waals surface area contributed by atoms with Gasteiger partial charge in [-0.2, -0.15) is 0 Å². The molecule has 0 unspecified atom stereocenters.